The number of carbonyl (C=O) groups excluding carboxylic acids is 1. The maximum Gasteiger partial charge on any atom is 0.267 e. The van der Waals surface area contributed by atoms with Gasteiger partial charge < -0.3 is 0 Å². The van der Waals surface area contributed by atoms with Gasteiger partial charge in [0.25, 0.3) is 5.91 Å². The minimum Gasteiger partial charge on any atom is -0.297 e. The lowest BCUT2D eigenvalue weighted by molar-refractivity contribution is 0.103. The molecule has 2 aromatic heterocycles. The molecule has 0 unspecified atom stereocenters. The first-order valence-corrected chi connectivity index (χ1v) is 7.73. The van der Waals surface area contributed by atoms with E-state index in [9.17, 15) is 4.79 Å². The fraction of sp³-hybridized carbons (Fsp3) is 0.200. The summed E-state index contributed by atoms with van der Waals surface area (Å²) in [6, 6.07) is 3.66. The highest BCUT2D eigenvalue weighted by molar-refractivity contribution is 7.97. The van der Waals surface area contributed by atoms with Crippen LogP contribution in [0.5, 0.6) is 0 Å². The van der Waals surface area contributed by atoms with E-state index in [0.717, 1.165) is 11.4 Å². The van der Waals surface area contributed by atoms with Crippen molar-refractivity contribution in [3.63, 3.8) is 0 Å². The van der Waals surface area contributed by atoms with Crippen LogP contribution in [0.4, 0.5) is 5.13 Å². The van der Waals surface area contributed by atoms with Crippen molar-refractivity contribution in [2.24, 2.45) is 0 Å². The molecule has 84 valence electrons. The number of aromatic nitrogens is 1. The minimum atomic E-state index is -0.0833. The third-order valence-corrected chi connectivity index (χ3v) is 4.07. The molecule has 16 heavy (non-hydrogen) atoms. The molecule has 0 fully saturated rings. The Morgan fingerprint density at radius 1 is 1.56 bits per heavy atom. The maximum absolute atomic E-state index is 11.7. The van der Waals surface area contributed by atoms with Gasteiger partial charge in [-0.1, -0.05) is 6.07 Å². The van der Waals surface area contributed by atoms with Crippen LogP contribution in [0.2, 0.25) is 0 Å². The Morgan fingerprint density at radius 3 is 3.12 bits per heavy atom. The van der Waals surface area contributed by atoms with E-state index in [4.69, 9.17) is 0 Å². The van der Waals surface area contributed by atoms with Crippen molar-refractivity contribution in [2.45, 2.75) is 5.75 Å². The normalized spacial score (nSPS) is 10.3. The topological polar surface area (TPSA) is 42.0 Å². The molecule has 0 atom stereocenters. The van der Waals surface area contributed by atoms with Crippen molar-refractivity contribution in [1.29, 1.82) is 0 Å². The predicted molar refractivity (Wildman–Crippen MR) is 71.6 cm³/mol. The number of hydrogen-bond acceptors (Lipinski definition) is 5. The number of hydrogen-bond donors (Lipinski definition) is 1. The average molecular weight is 270 g/mol. The summed E-state index contributed by atoms with van der Waals surface area (Å²) in [5.41, 5.74) is 1.01. The van der Waals surface area contributed by atoms with Crippen molar-refractivity contribution in [1.82, 2.24) is 4.98 Å². The number of amides is 1. The van der Waals surface area contributed by atoms with E-state index in [1.807, 2.05) is 23.1 Å². The molecule has 2 aromatic rings. The highest BCUT2D eigenvalue weighted by Gasteiger charge is 2.09. The number of carbonyl (C=O) groups is 1. The third-order valence-electron chi connectivity index (χ3n) is 1.81. The zero-order valence-electron chi connectivity index (χ0n) is 8.60. The standard InChI is InChI=1S/C10H10N2OS3/c1-14-5-7-6-16-10(11-7)12-9(13)8-3-2-4-15-8/h2-4,6H,5H2,1H3,(H,11,12,13). The molecule has 0 bridgehead atoms. The third kappa shape index (κ3) is 2.84. The predicted octanol–water partition coefficient (Wildman–Crippen LogP) is 3.32. The molecule has 0 aliphatic rings. The van der Waals surface area contributed by atoms with E-state index in [1.54, 1.807) is 17.8 Å². The van der Waals surface area contributed by atoms with Crippen LogP contribution in [0.3, 0.4) is 0 Å². The van der Waals surface area contributed by atoms with E-state index in [-0.39, 0.29) is 5.91 Å². The van der Waals surface area contributed by atoms with E-state index in [1.165, 1.54) is 22.7 Å². The fourth-order valence-corrected chi connectivity index (χ4v) is 3.02. The molecule has 0 saturated heterocycles. The Labute approximate surface area is 106 Å². The highest BCUT2D eigenvalue weighted by atomic mass is 32.2. The second-order valence-electron chi connectivity index (χ2n) is 3.01. The average Bonchev–Trinajstić information content (AvgIpc) is 2.89. The van der Waals surface area contributed by atoms with Gasteiger partial charge in [0.05, 0.1) is 10.6 Å². The van der Waals surface area contributed by atoms with Crippen LogP contribution in [0.15, 0.2) is 22.9 Å². The summed E-state index contributed by atoms with van der Waals surface area (Å²) in [5.74, 6) is 0.797. The van der Waals surface area contributed by atoms with Crippen molar-refractivity contribution >= 4 is 45.5 Å². The summed E-state index contributed by atoms with van der Waals surface area (Å²) in [4.78, 5) is 16.7. The second kappa shape index (κ2) is 5.47. The number of thioether (sulfide) groups is 1. The maximum atomic E-state index is 11.7. The van der Waals surface area contributed by atoms with Crippen molar-refractivity contribution in [2.75, 3.05) is 11.6 Å². The molecular weight excluding hydrogens is 260 g/mol. The Hall–Kier alpha value is -0.850. The fourth-order valence-electron chi connectivity index (χ4n) is 1.15. The van der Waals surface area contributed by atoms with Crippen LogP contribution in [-0.2, 0) is 5.75 Å². The first kappa shape index (κ1) is 11.6. The Kier molecular flexibility index (Phi) is 3.98. The lowest BCUT2D eigenvalue weighted by Gasteiger charge is -1.97. The zero-order chi connectivity index (χ0) is 11.4. The van der Waals surface area contributed by atoms with Gasteiger partial charge in [-0.05, 0) is 17.7 Å². The Morgan fingerprint density at radius 2 is 2.44 bits per heavy atom. The van der Waals surface area contributed by atoms with Gasteiger partial charge in [-0.3, -0.25) is 10.1 Å². The van der Waals surface area contributed by atoms with Gasteiger partial charge in [0.15, 0.2) is 5.13 Å². The highest BCUT2D eigenvalue weighted by Crippen LogP contribution is 2.20. The summed E-state index contributed by atoms with van der Waals surface area (Å²) < 4.78 is 0. The van der Waals surface area contributed by atoms with Gasteiger partial charge in [-0.2, -0.15) is 11.8 Å². The lowest BCUT2D eigenvalue weighted by Crippen LogP contribution is -2.09. The summed E-state index contributed by atoms with van der Waals surface area (Å²) in [7, 11) is 0. The monoisotopic (exact) mass is 270 g/mol. The van der Waals surface area contributed by atoms with Gasteiger partial charge in [0, 0.05) is 11.1 Å². The number of thiazole rings is 1. The quantitative estimate of drug-likeness (QED) is 0.926. The molecule has 2 rings (SSSR count). The molecule has 1 amide bonds. The smallest absolute Gasteiger partial charge is 0.267 e. The molecule has 0 saturated carbocycles. The minimum absolute atomic E-state index is 0.0833. The summed E-state index contributed by atoms with van der Waals surface area (Å²) in [6.07, 6.45) is 2.03. The SMILES string of the molecule is CSCc1csc(NC(=O)c2cccs2)n1. The lowest BCUT2D eigenvalue weighted by atomic mass is 10.4. The molecule has 0 radical (unpaired) electrons. The molecule has 3 nitrogen and oxygen atoms in total. The van der Waals surface area contributed by atoms with Crippen LogP contribution < -0.4 is 5.32 Å². The molecule has 0 aromatic carbocycles. The summed E-state index contributed by atoms with van der Waals surface area (Å²) in [5, 5.41) is 7.32. The van der Waals surface area contributed by atoms with Gasteiger partial charge >= 0.3 is 0 Å². The van der Waals surface area contributed by atoms with Crippen LogP contribution >= 0.6 is 34.4 Å². The van der Waals surface area contributed by atoms with E-state index in [2.05, 4.69) is 10.3 Å². The van der Waals surface area contributed by atoms with Gasteiger partial charge in [-0.15, -0.1) is 22.7 Å². The number of rotatable bonds is 4. The molecular formula is C10H10N2OS3. The Bertz CT molecular complexity index is 464. The number of nitrogens with zero attached hydrogens (tertiary/aromatic N) is 1. The van der Waals surface area contributed by atoms with Crippen LogP contribution in [-0.4, -0.2) is 17.1 Å². The first-order valence-electron chi connectivity index (χ1n) is 4.58. The van der Waals surface area contributed by atoms with Crippen LogP contribution in [0, 0.1) is 0 Å². The van der Waals surface area contributed by atoms with E-state index in [0.29, 0.717) is 10.0 Å². The zero-order valence-corrected chi connectivity index (χ0v) is 11.0. The van der Waals surface area contributed by atoms with Crippen molar-refractivity contribution < 1.29 is 4.79 Å². The van der Waals surface area contributed by atoms with Crippen LogP contribution in [0.1, 0.15) is 15.4 Å². The largest absolute Gasteiger partial charge is 0.297 e. The number of thiophene rings is 1. The van der Waals surface area contributed by atoms with Gasteiger partial charge in [0.1, 0.15) is 0 Å². The molecule has 0 spiro atoms. The van der Waals surface area contributed by atoms with Gasteiger partial charge in [0.2, 0.25) is 0 Å². The molecule has 0 aliphatic heterocycles. The van der Waals surface area contributed by atoms with Crippen molar-refractivity contribution in [3.8, 4) is 0 Å². The first-order chi connectivity index (χ1) is 7.79. The van der Waals surface area contributed by atoms with E-state index < -0.39 is 0 Å². The Balaban J connectivity index is 2.01. The van der Waals surface area contributed by atoms with Gasteiger partial charge in [-0.25, -0.2) is 4.98 Å². The summed E-state index contributed by atoms with van der Waals surface area (Å²) >= 11 is 4.61. The summed E-state index contributed by atoms with van der Waals surface area (Å²) in [6.45, 7) is 0. The van der Waals surface area contributed by atoms with Crippen molar-refractivity contribution in [3.05, 3.63) is 33.5 Å². The molecule has 1 N–H and O–H groups in total. The molecule has 0 aliphatic carbocycles. The van der Waals surface area contributed by atoms with Crippen LogP contribution in [0.25, 0.3) is 0 Å². The second-order valence-corrected chi connectivity index (χ2v) is 5.68. The molecule has 6 heteroatoms. The number of nitrogens with one attached hydrogen (secondary N) is 1. The van der Waals surface area contributed by atoms with E-state index >= 15 is 0 Å². The molecule has 2 heterocycles. The number of anilines is 1.